The molecule has 122 valence electrons. The van der Waals surface area contributed by atoms with Gasteiger partial charge in [0.1, 0.15) is 0 Å². The third-order valence-corrected chi connectivity index (χ3v) is 4.63. The summed E-state index contributed by atoms with van der Waals surface area (Å²) in [5.41, 5.74) is 1.38. The Morgan fingerprint density at radius 1 is 1.12 bits per heavy atom. The van der Waals surface area contributed by atoms with Crippen molar-refractivity contribution < 1.29 is 19.1 Å². The lowest BCUT2D eigenvalue weighted by Crippen LogP contribution is -2.25. The standard InChI is InChI=1S/C18H15NO4S/c1-11(17(21)12-5-3-2-4-6-12)23-18(22)13-7-8-15-14(9-13)19-16(20)10-24-15/h2-9,11H,10H2,1H3,(H,19,20)/t11-/m0/s1. The van der Waals surface area contributed by atoms with Crippen LogP contribution in [0.2, 0.25) is 0 Å². The quantitative estimate of drug-likeness (QED) is 0.683. The molecule has 24 heavy (non-hydrogen) atoms. The van der Waals surface area contributed by atoms with Crippen LogP contribution in [0.4, 0.5) is 5.69 Å². The van der Waals surface area contributed by atoms with E-state index in [4.69, 9.17) is 4.74 Å². The normalized spacial score (nSPS) is 14.3. The van der Waals surface area contributed by atoms with Gasteiger partial charge in [0.05, 0.1) is 17.0 Å². The zero-order chi connectivity index (χ0) is 17.1. The predicted octanol–water partition coefficient (Wildman–Crippen LogP) is 3.16. The molecule has 2 aromatic rings. The Balaban J connectivity index is 1.72. The summed E-state index contributed by atoms with van der Waals surface area (Å²) in [6, 6.07) is 13.6. The molecule has 0 fully saturated rings. The van der Waals surface area contributed by atoms with Crippen molar-refractivity contribution in [1.29, 1.82) is 0 Å². The van der Waals surface area contributed by atoms with Crippen molar-refractivity contribution in [2.24, 2.45) is 0 Å². The first-order chi connectivity index (χ1) is 11.5. The molecule has 0 saturated carbocycles. The van der Waals surface area contributed by atoms with E-state index in [1.807, 2.05) is 6.07 Å². The third kappa shape index (κ3) is 3.49. The Hall–Kier alpha value is -2.60. The first-order valence-electron chi connectivity index (χ1n) is 7.41. The number of carbonyl (C=O) groups is 3. The van der Waals surface area contributed by atoms with E-state index in [2.05, 4.69) is 5.32 Å². The molecule has 1 N–H and O–H groups in total. The predicted molar refractivity (Wildman–Crippen MR) is 91.4 cm³/mol. The molecule has 0 unspecified atom stereocenters. The second kappa shape index (κ2) is 6.88. The monoisotopic (exact) mass is 341 g/mol. The Bertz CT molecular complexity index is 804. The molecular weight excluding hydrogens is 326 g/mol. The molecule has 0 saturated heterocycles. The number of benzene rings is 2. The zero-order valence-corrected chi connectivity index (χ0v) is 13.8. The minimum absolute atomic E-state index is 0.106. The van der Waals surface area contributed by atoms with Gasteiger partial charge in [-0.3, -0.25) is 9.59 Å². The minimum Gasteiger partial charge on any atom is -0.451 e. The molecule has 1 aliphatic heterocycles. The molecule has 1 aliphatic rings. The summed E-state index contributed by atoms with van der Waals surface area (Å²) in [6.07, 6.45) is -0.889. The largest absolute Gasteiger partial charge is 0.451 e. The summed E-state index contributed by atoms with van der Waals surface area (Å²) in [4.78, 5) is 36.9. The molecule has 1 heterocycles. The lowest BCUT2D eigenvalue weighted by atomic mass is 10.1. The fourth-order valence-electron chi connectivity index (χ4n) is 2.33. The molecule has 1 atom stereocenters. The Morgan fingerprint density at radius 3 is 2.62 bits per heavy atom. The van der Waals surface area contributed by atoms with Crippen LogP contribution in [0.25, 0.3) is 0 Å². The maximum absolute atomic E-state index is 12.3. The second-order valence-electron chi connectivity index (χ2n) is 5.33. The summed E-state index contributed by atoms with van der Waals surface area (Å²) in [7, 11) is 0. The molecule has 6 heteroatoms. The van der Waals surface area contributed by atoms with E-state index in [9.17, 15) is 14.4 Å². The first-order valence-corrected chi connectivity index (χ1v) is 8.40. The van der Waals surface area contributed by atoms with Gasteiger partial charge in [-0.1, -0.05) is 30.3 Å². The van der Waals surface area contributed by atoms with Crippen LogP contribution in [-0.4, -0.2) is 29.5 Å². The van der Waals surface area contributed by atoms with Crippen LogP contribution in [0.15, 0.2) is 53.4 Å². The zero-order valence-electron chi connectivity index (χ0n) is 12.9. The van der Waals surface area contributed by atoms with Gasteiger partial charge in [0.15, 0.2) is 6.10 Å². The maximum atomic E-state index is 12.3. The van der Waals surface area contributed by atoms with Gasteiger partial charge in [0.25, 0.3) is 0 Å². The second-order valence-corrected chi connectivity index (χ2v) is 6.34. The third-order valence-electron chi connectivity index (χ3n) is 3.56. The van der Waals surface area contributed by atoms with Gasteiger partial charge in [-0.25, -0.2) is 4.79 Å². The van der Waals surface area contributed by atoms with E-state index in [0.717, 1.165) is 4.90 Å². The van der Waals surface area contributed by atoms with Crippen molar-refractivity contribution in [2.45, 2.75) is 17.9 Å². The lowest BCUT2D eigenvalue weighted by molar-refractivity contribution is -0.113. The molecule has 0 radical (unpaired) electrons. The van der Waals surface area contributed by atoms with Crippen LogP contribution in [-0.2, 0) is 9.53 Å². The number of fused-ring (bicyclic) bond motifs is 1. The van der Waals surface area contributed by atoms with Gasteiger partial charge in [-0.2, -0.15) is 0 Å². The van der Waals surface area contributed by atoms with Gasteiger partial charge in [-0.15, -0.1) is 11.8 Å². The number of thioether (sulfide) groups is 1. The summed E-state index contributed by atoms with van der Waals surface area (Å²) >= 11 is 1.42. The van der Waals surface area contributed by atoms with Crippen molar-refractivity contribution >= 4 is 35.1 Å². The lowest BCUT2D eigenvalue weighted by Gasteiger charge is -2.17. The van der Waals surface area contributed by atoms with Crippen molar-refractivity contribution in [3.63, 3.8) is 0 Å². The van der Waals surface area contributed by atoms with Gasteiger partial charge in [0.2, 0.25) is 11.7 Å². The number of Topliss-reactive ketones (excluding diaryl/α,β-unsaturated/α-hetero) is 1. The minimum atomic E-state index is -0.889. The maximum Gasteiger partial charge on any atom is 0.338 e. The van der Waals surface area contributed by atoms with E-state index in [0.29, 0.717) is 22.6 Å². The highest BCUT2D eigenvalue weighted by Gasteiger charge is 2.22. The number of hydrogen-bond donors (Lipinski definition) is 1. The van der Waals surface area contributed by atoms with E-state index < -0.39 is 12.1 Å². The van der Waals surface area contributed by atoms with E-state index in [-0.39, 0.29) is 11.7 Å². The summed E-state index contributed by atoms with van der Waals surface area (Å²) in [6.45, 7) is 1.54. The number of ketones is 1. The van der Waals surface area contributed by atoms with Crippen molar-refractivity contribution in [3.05, 3.63) is 59.7 Å². The Morgan fingerprint density at radius 2 is 1.88 bits per heavy atom. The molecule has 3 rings (SSSR count). The van der Waals surface area contributed by atoms with Crippen LogP contribution in [0.5, 0.6) is 0 Å². The fourth-order valence-corrected chi connectivity index (χ4v) is 3.12. The molecule has 2 aromatic carbocycles. The molecule has 0 bridgehead atoms. The van der Waals surface area contributed by atoms with E-state index >= 15 is 0 Å². The summed E-state index contributed by atoms with van der Waals surface area (Å²) in [5, 5.41) is 2.72. The van der Waals surface area contributed by atoms with Crippen LogP contribution < -0.4 is 5.32 Å². The number of anilines is 1. The van der Waals surface area contributed by atoms with Crippen molar-refractivity contribution in [2.75, 3.05) is 11.1 Å². The van der Waals surface area contributed by atoms with Gasteiger partial charge < -0.3 is 10.1 Å². The topological polar surface area (TPSA) is 72.5 Å². The average molecular weight is 341 g/mol. The number of esters is 1. The van der Waals surface area contributed by atoms with E-state index in [1.54, 1.807) is 49.4 Å². The van der Waals surface area contributed by atoms with Crippen LogP contribution >= 0.6 is 11.8 Å². The van der Waals surface area contributed by atoms with Crippen LogP contribution in [0, 0.1) is 0 Å². The number of carbonyl (C=O) groups excluding carboxylic acids is 3. The van der Waals surface area contributed by atoms with Crippen molar-refractivity contribution in [1.82, 2.24) is 0 Å². The SMILES string of the molecule is C[C@H](OC(=O)c1ccc2c(c1)NC(=O)CS2)C(=O)c1ccccc1. The summed E-state index contributed by atoms with van der Waals surface area (Å²) in [5.74, 6) is -0.602. The van der Waals surface area contributed by atoms with E-state index in [1.165, 1.54) is 11.8 Å². The molecular formula is C18H15NO4S. The van der Waals surface area contributed by atoms with Crippen molar-refractivity contribution in [3.8, 4) is 0 Å². The average Bonchev–Trinajstić information content (AvgIpc) is 2.61. The Kier molecular flexibility index (Phi) is 4.66. The molecule has 0 aliphatic carbocycles. The number of nitrogens with one attached hydrogen (secondary N) is 1. The molecule has 1 amide bonds. The van der Waals surface area contributed by atoms with Crippen LogP contribution in [0.1, 0.15) is 27.6 Å². The fraction of sp³-hybridized carbons (Fsp3) is 0.167. The Labute approximate surface area is 143 Å². The highest BCUT2D eigenvalue weighted by Crippen LogP contribution is 2.32. The smallest absolute Gasteiger partial charge is 0.338 e. The number of rotatable bonds is 4. The first kappa shape index (κ1) is 16.3. The molecule has 0 spiro atoms. The van der Waals surface area contributed by atoms with Crippen LogP contribution in [0.3, 0.4) is 0 Å². The highest BCUT2D eigenvalue weighted by atomic mass is 32.2. The number of hydrogen-bond acceptors (Lipinski definition) is 5. The summed E-state index contributed by atoms with van der Waals surface area (Å²) < 4.78 is 5.26. The number of ether oxygens (including phenoxy) is 1. The number of amides is 1. The van der Waals surface area contributed by atoms with Gasteiger partial charge in [-0.05, 0) is 25.1 Å². The van der Waals surface area contributed by atoms with Gasteiger partial charge >= 0.3 is 5.97 Å². The highest BCUT2D eigenvalue weighted by molar-refractivity contribution is 8.00. The van der Waals surface area contributed by atoms with Gasteiger partial charge in [0, 0.05) is 10.5 Å². The molecule has 5 nitrogen and oxygen atoms in total. The molecule has 0 aromatic heterocycles.